The molecule has 0 fully saturated rings. The van der Waals surface area contributed by atoms with Crippen molar-refractivity contribution in [3.8, 4) is 5.75 Å². The number of anilines is 1. The highest BCUT2D eigenvalue weighted by molar-refractivity contribution is 8.15. The number of rotatable bonds is 8. The van der Waals surface area contributed by atoms with Gasteiger partial charge in [0.2, 0.25) is 11.7 Å². The molecule has 0 saturated heterocycles. The molecule has 0 radical (unpaired) electrons. The number of ether oxygens (including phenoxy) is 1. The van der Waals surface area contributed by atoms with Gasteiger partial charge in [-0.3, -0.25) is 10.2 Å². The van der Waals surface area contributed by atoms with Gasteiger partial charge in [0, 0.05) is 10.6 Å². The number of carbonyl (C=O) groups is 1. The highest BCUT2D eigenvalue weighted by Gasteiger charge is 2.20. The highest BCUT2D eigenvalue weighted by Crippen LogP contribution is 2.23. The van der Waals surface area contributed by atoms with Crippen LogP contribution in [0, 0.1) is 0 Å². The van der Waals surface area contributed by atoms with Crippen molar-refractivity contribution in [1.29, 1.82) is 0 Å². The van der Waals surface area contributed by atoms with Gasteiger partial charge >= 0.3 is 0 Å². The van der Waals surface area contributed by atoms with Crippen molar-refractivity contribution in [3.63, 3.8) is 0 Å². The van der Waals surface area contributed by atoms with Gasteiger partial charge in [0.15, 0.2) is 5.04 Å². The van der Waals surface area contributed by atoms with Crippen LogP contribution in [0.25, 0.3) is 0 Å². The Morgan fingerprint density at radius 3 is 2.45 bits per heavy atom. The van der Waals surface area contributed by atoms with Crippen molar-refractivity contribution in [2.75, 3.05) is 12.5 Å². The second-order valence-electron chi connectivity index (χ2n) is 6.82. The first-order valence-electron chi connectivity index (χ1n) is 9.93. The number of thioether (sulfide) groups is 1. The number of halogens is 1. The first-order chi connectivity index (χ1) is 16.1. The summed E-state index contributed by atoms with van der Waals surface area (Å²) in [4.78, 5) is 13.1. The number of Topliss-reactive ketones (excluding diaryl/α,β-unsaturated/α-hetero) is 1. The van der Waals surface area contributed by atoms with E-state index in [9.17, 15) is 4.79 Å². The Hall–Kier alpha value is -3.62. The second-order valence-corrected chi connectivity index (χ2v) is 8.20. The summed E-state index contributed by atoms with van der Waals surface area (Å²) in [6.07, 6.45) is 0.496. The van der Waals surface area contributed by atoms with E-state index in [1.807, 2.05) is 30.3 Å². The second kappa shape index (κ2) is 10.8. The Bertz CT molecular complexity index is 1240. The molecular formula is C24H19ClN4O3S. The number of hydrogen-bond acceptors (Lipinski definition) is 8. The minimum Gasteiger partial charge on any atom is -0.497 e. The van der Waals surface area contributed by atoms with E-state index in [-0.39, 0.29) is 16.0 Å². The molecular weight excluding hydrogens is 460 g/mol. The van der Waals surface area contributed by atoms with E-state index in [0.717, 1.165) is 17.3 Å². The molecule has 4 aromatic rings. The maximum Gasteiger partial charge on any atom is 0.283 e. The van der Waals surface area contributed by atoms with Gasteiger partial charge in [-0.15, -0.1) is 10.2 Å². The molecule has 4 rings (SSSR count). The first kappa shape index (κ1) is 22.6. The molecule has 3 aromatic carbocycles. The summed E-state index contributed by atoms with van der Waals surface area (Å²) in [5.74, 6) is 0.860. The predicted octanol–water partition coefficient (Wildman–Crippen LogP) is 5.72. The first-order valence-corrected chi connectivity index (χ1v) is 11.1. The summed E-state index contributed by atoms with van der Waals surface area (Å²) < 4.78 is 10.9. The summed E-state index contributed by atoms with van der Waals surface area (Å²) >= 11 is 6.95. The molecule has 9 heteroatoms. The molecule has 0 aliphatic heterocycles. The SMILES string of the molecule is COc1ccc(N/N=C(/Sc2nnc(Cc3ccccc3)o2)C(=O)c2ccc(Cl)cc2)cc1. The van der Waals surface area contributed by atoms with Crippen molar-refractivity contribution in [2.24, 2.45) is 5.10 Å². The van der Waals surface area contributed by atoms with E-state index in [4.69, 9.17) is 20.8 Å². The maximum atomic E-state index is 13.1. The van der Waals surface area contributed by atoms with Crippen LogP contribution in [0.5, 0.6) is 5.75 Å². The number of nitrogens with zero attached hydrogens (tertiary/aromatic N) is 3. The van der Waals surface area contributed by atoms with Crippen LogP contribution in [0.1, 0.15) is 21.8 Å². The average molecular weight is 479 g/mol. The van der Waals surface area contributed by atoms with Gasteiger partial charge < -0.3 is 9.15 Å². The Morgan fingerprint density at radius 2 is 1.76 bits per heavy atom. The van der Waals surface area contributed by atoms with Crippen molar-refractivity contribution >= 4 is 39.9 Å². The fourth-order valence-corrected chi connectivity index (χ4v) is 3.64. The molecule has 0 saturated carbocycles. The summed E-state index contributed by atoms with van der Waals surface area (Å²) in [6, 6.07) is 23.6. The lowest BCUT2D eigenvalue weighted by Crippen LogP contribution is -2.13. The van der Waals surface area contributed by atoms with Gasteiger partial charge in [-0.2, -0.15) is 5.10 Å². The van der Waals surface area contributed by atoms with Crippen LogP contribution in [0.4, 0.5) is 5.69 Å². The Kier molecular flexibility index (Phi) is 7.39. The summed E-state index contributed by atoms with van der Waals surface area (Å²) in [5.41, 5.74) is 5.07. The van der Waals surface area contributed by atoms with E-state index in [1.165, 1.54) is 0 Å². The van der Waals surface area contributed by atoms with Gasteiger partial charge in [0.05, 0.1) is 19.2 Å². The monoisotopic (exact) mass is 478 g/mol. The molecule has 0 unspecified atom stereocenters. The zero-order valence-electron chi connectivity index (χ0n) is 17.6. The normalized spacial score (nSPS) is 11.3. The largest absolute Gasteiger partial charge is 0.497 e. The van der Waals surface area contributed by atoms with Gasteiger partial charge in [0.25, 0.3) is 5.22 Å². The summed E-state index contributed by atoms with van der Waals surface area (Å²) in [5, 5.41) is 13.4. The molecule has 0 atom stereocenters. The van der Waals surface area contributed by atoms with Crippen molar-refractivity contribution < 1.29 is 13.9 Å². The van der Waals surface area contributed by atoms with E-state index in [0.29, 0.717) is 34.3 Å². The van der Waals surface area contributed by atoms with E-state index in [2.05, 4.69) is 20.7 Å². The quantitative estimate of drug-likeness (QED) is 0.114. The van der Waals surface area contributed by atoms with Gasteiger partial charge in [-0.1, -0.05) is 41.9 Å². The molecule has 0 amide bonds. The minimum atomic E-state index is -0.305. The topological polar surface area (TPSA) is 89.6 Å². The van der Waals surface area contributed by atoms with Crippen molar-refractivity contribution in [1.82, 2.24) is 10.2 Å². The van der Waals surface area contributed by atoms with Crippen LogP contribution in [-0.4, -0.2) is 28.1 Å². The molecule has 1 N–H and O–H groups in total. The third-order valence-electron chi connectivity index (χ3n) is 4.51. The zero-order valence-corrected chi connectivity index (χ0v) is 19.1. The summed E-state index contributed by atoms with van der Waals surface area (Å²) in [7, 11) is 1.59. The highest BCUT2D eigenvalue weighted by atomic mass is 35.5. The van der Waals surface area contributed by atoms with E-state index >= 15 is 0 Å². The number of hydrogen-bond donors (Lipinski definition) is 1. The third kappa shape index (κ3) is 6.21. The number of nitrogens with one attached hydrogen (secondary N) is 1. The molecule has 1 aromatic heterocycles. The number of aromatic nitrogens is 2. The molecule has 166 valence electrons. The lowest BCUT2D eigenvalue weighted by Gasteiger charge is -2.06. The molecule has 0 aliphatic carbocycles. The lowest BCUT2D eigenvalue weighted by atomic mass is 10.1. The summed E-state index contributed by atoms with van der Waals surface area (Å²) in [6.45, 7) is 0. The Balaban J connectivity index is 1.55. The molecule has 0 aliphatic rings. The zero-order chi connectivity index (χ0) is 23.0. The van der Waals surface area contributed by atoms with Crippen LogP contribution in [-0.2, 0) is 6.42 Å². The predicted molar refractivity (Wildman–Crippen MR) is 129 cm³/mol. The fourth-order valence-electron chi connectivity index (χ4n) is 2.83. The number of methoxy groups -OCH3 is 1. The van der Waals surface area contributed by atoms with E-state index in [1.54, 1.807) is 55.6 Å². The van der Waals surface area contributed by atoms with Crippen LogP contribution >= 0.6 is 23.4 Å². The lowest BCUT2D eigenvalue weighted by molar-refractivity contribution is 0.106. The van der Waals surface area contributed by atoms with Crippen LogP contribution in [0.2, 0.25) is 5.02 Å². The Labute approximate surface area is 199 Å². The van der Waals surface area contributed by atoms with Crippen molar-refractivity contribution in [2.45, 2.75) is 11.6 Å². The van der Waals surface area contributed by atoms with Crippen LogP contribution in [0.3, 0.4) is 0 Å². The number of benzene rings is 3. The fraction of sp³-hybridized carbons (Fsp3) is 0.0833. The van der Waals surface area contributed by atoms with Crippen LogP contribution in [0.15, 0.2) is 93.6 Å². The number of carbonyl (C=O) groups excluding carboxylic acids is 1. The standard InChI is InChI=1S/C24H19ClN4O3S/c1-31-20-13-11-19(12-14-20)26-28-23(22(30)17-7-9-18(25)10-8-17)33-24-29-27-21(32-24)15-16-5-3-2-4-6-16/h2-14,26H,15H2,1H3/b28-23+. The van der Waals surface area contributed by atoms with Gasteiger partial charge in [-0.25, -0.2) is 0 Å². The minimum absolute atomic E-state index is 0.142. The van der Waals surface area contributed by atoms with Gasteiger partial charge in [-0.05, 0) is 65.9 Å². The molecule has 1 heterocycles. The number of hydrazone groups is 1. The Morgan fingerprint density at radius 1 is 1.03 bits per heavy atom. The maximum absolute atomic E-state index is 13.1. The number of ketones is 1. The molecule has 0 spiro atoms. The van der Waals surface area contributed by atoms with Gasteiger partial charge in [0.1, 0.15) is 5.75 Å². The van der Waals surface area contributed by atoms with Crippen LogP contribution < -0.4 is 10.2 Å². The average Bonchev–Trinajstić information content (AvgIpc) is 3.29. The molecule has 33 heavy (non-hydrogen) atoms. The van der Waals surface area contributed by atoms with Crippen molar-refractivity contribution in [3.05, 3.63) is 101 Å². The molecule has 0 bridgehead atoms. The van der Waals surface area contributed by atoms with E-state index < -0.39 is 0 Å². The third-order valence-corrected chi connectivity index (χ3v) is 5.57. The smallest absolute Gasteiger partial charge is 0.283 e. The molecule has 7 nitrogen and oxygen atoms in total.